The molecular weight excluding hydrogens is 508 g/mol. The Bertz CT molecular complexity index is 1170. The number of aliphatic hydroxyl groups is 1. The third-order valence-electron chi connectivity index (χ3n) is 7.63. The summed E-state index contributed by atoms with van der Waals surface area (Å²) in [6.45, 7) is 3.02. The number of piperidine rings is 1. The molecule has 0 aliphatic carbocycles. The molecule has 3 atom stereocenters. The first kappa shape index (κ1) is 27.8. The lowest BCUT2D eigenvalue weighted by molar-refractivity contribution is -0.137. The molecule has 1 fully saturated rings. The van der Waals surface area contributed by atoms with Gasteiger partial charge in [-0.3, -0.25) is 9.78 Å². The molecule has 3 heterocycles. The van der Waals surface area contributed by atoms with Crippen LogP contribution in [0.1, 0.15) is 61.5 Å². The van der Waals surface area contributed by atoms with Crippen molar-refractivity contribution in [1.29, 1.82) is 0 Å². The van der Waals surface area contributed by atoms with E-state index in [0.717, 1.165) is 78.3 Å². The largest absolute Gasteiger partial charge is 0.497 e. The van der Waals surface area contributed by atoms with E-state index in [4.69, 9.17) is 16.3 Å². The Morgan fingerprint density at radius 3 is 2.84 bits per heavy atom. The number of thiophene rings is 1. The number of nitrogens with zero attached hydrogens (tertiary/aromatic N) is 2. The van der Waals surface area contributed by atoms with Crippen LogP contribution in [-0.4, -0.2) is 52.8 Å². The number of aliphatic hydroxyl groups excluding tert-OH is 1. The number of carbonyl (C=O) groups is 1. The zero-order valence-corrected chi connectivity index (χ0v) is 23.0. The van der Waals surface area contributed by atoms with E-state index in [2.05, 4.69) is 16.0 Å². The Kier molecular flexibility index (Phi) is 10.2. The molecule has 0 radical (unpaired) electrons. The van der Waals surface area contributed by atoms with E-state index in [-0.39, 0.29) is 6.42 Å². The zero-order chi connectivity index (χ0) is 26.2. The van der Waals surface area contributed by atoms with E-state index in [0.29, 0.717) is 24.7 Å². The second-order valence-electron chi connectivity index (χ2n) is 10.1. The summed E-state index contributed by atoms with van der Waals surface area (Å²) in [5.74, 6) is 0.764. The molecule has 1 aliphatic rings. The first-order valence-corrected chi connectivity index (χ1v) is 14.4. The van der Waals surface area contributed by atoms with Gasteiger partial charge < -0.3 is 19.8 Å². The number of unbranched alkanes of at least 4 members (excludes halogenated alkanes) is 1. The molecule has 37 heavy (non-hydrogen) atoms. The third-order valence-corrected chi connectivity index (χ3v) is 8.92. The number of benzene rings is 1. The van der Waals surface area contributed by atoms with E-state index in [9.17, 15) is 15.0 Å². The van der Waals surface area contributed by atoms with Gasteiger partial charge >= 0.3 is 5.97 Å². The van der Waals surface area contributed by atoms with Crippen molar-refractivity contribution in [3.63, 3.8) is 0 Å². The molecule has 1 aromatic carbocycles. The van der Waals surface area contributed by atoms with Gasteiger partial charge in [-0.2, -0.15) is 0 Å². The number of aryl methyl sites for hydroxylation is 1. The molecule has 200 valence electrons. The number of aliphatic carboxylic acids is 1. The molecule has 2 N–H and O–H groups in total. The number of fused-ring (bicyclic) bond motifs is 1. The van der Waals surface area contributed by atoms with Gasteiger partial charge in [0.15, 0.2) is 0 Å². The van der Waals surface area contributed by atoms with Crippen LogP contribution in [0.3, 0.4) is 0 Å². The maximum atomic E-state index is 11.3. The number of methoxy groups -OCH3 is 1. The lowest BCUT2D eigenvalue weighted by atomic mass is 9.79. The molecule has 4 rings (SSSR count). The summed E-state index contributed by atoms with van der Waals surface area (Å²) in [5, 5.41) is 21.4. The van der Waals surface area contributed by atoms with Crippen LogP contribution in [0.15, 0.2) is 42.6 Å². The Labute approximate surface area is 228 Å². The Hall–Kier alpha value is -2.19. The van der Waals surface area contributed by atoms with E-state index in [1.54, 1.807) is 24.6 Å². The summed E-state index contributed by atoms with van der Waals surface area (Å²) in [4.78, 5) is 19.6. The molecule has 6 nitrogen and oxygen atoms in total. The van der Waals surface area contributed by atoms with Crippen molar-refractivity contribution in [1.82, 2.24) is 9.88 Å². The van der Waals surface area contributed by atoms with Crippen LogP contribution in [0.5, 0.6) is 5.75 Å². The lowest BCUT2D eigenvalue weighted by Gasteiger charge is -2.39. The van der Waals surface area contributed by atoms with Crippen molar-refractivity contribution < 1.29 is 19.7 Å². The minimum Gasteiger partial charge on any atom is -0.497 e. The summed E-state index contributed by atoms with van der Waals surface area (Å²) in [5.41, 5.74) is 1.71. The maximum absolute atomic E-state index is 11.3. The summed E-state index contributed by atoms with van der Waals surface area (Å²) in [7, 11) is 1.64. The van der Waals surface area contributed by atoms with Gasteiger partial charge in [0.05, 0.1) is 23.1 Å². The first-order chi connectivity index (χ1) is 17.9. The molecule has 0 amide bonds. The Morgan fingerprint density at radius 2 is 2.08 bits per heavy atom. The smallest absolute Gasteiger partial charge is 0.303 e. The molecule has 0 bridgehead atoms. The number of halogens is 1. The third kappa shape index (κ3) is 7.90. The van der Waals surface area contributed by atoms with Gasteiger partial charge in [-0.1, -0.05) is 11.6 Å². The average molecular weight is 545 g/mol. The summed E-state index contributed by atoms with van der Waals surface area (Å²) in [6.07, 6.45) is 7.93. The monoisotopic (exact) mass is 544 g/mol. The number of likely N-dealkylation sites (tertiary alicyclic amines) is 1. The van der Waals surface area contributed by atoms with Crippen molar-refractivity contribution in [2.45, 2.75) is 57.5 Å². The quantitative estimate of drug-likeness (QED) is 0.236. The number of carboxylic acid groups (broad SMARTS) is 1. The van der Waals surface area contributed by atoms with Crippen molar-refractivity contribution in [2.75, 3.05) is 26.7 Å². The van der Waals surface area contributed by atoms with Crippen LogP contribution in [0.4, 0.5) is 0 Å². The number of pyridine rings is 1. The van der Waals surface area contributed by atoms with Crippen LogP contribution >= 0.6 is 22.9 Å². The highest BCUT2D eigenvalue weighted by atomic mass is 35.5. The van der Waals surface area contributed by atoms with Crippen LogP contribution < -0.4 is 4.74 Å². The number of carboxylic acids is 1. The molecule has 3 aromatic rings. The normalized spacial score (nSPS) is 19.2. The van der Waals surface area contributed by atoms with E-state index in [1.807, 2.05) is 30.3 Å². The highest BCUT2D eigenvalue weighted by Crippen LogP contribution is 2.35. The fraction of sp³-hybridized carbons (Fsp3) is 0.517. The predicted molar refractivity (Wildman–Crippen MR) is 150 cm³/mol. The number of aromatic nitrogens is 1. The van der Waals surface area contributed by atoms with Crippen molar-refractivity contribution in [2.24, 2.45) is 11.8 Å². The molecule has 2 aromatic heterocycles. The maximum Gasteiger partial charge on any atom is 0.303 e. The van der Waals surface area contributed by atoms with Gasteiger partial charge in [0.2, 0.25) is 0 Å². The van der Waals surface area contributed by atoms with E-state index in [1.165, 1.54) is 4.88 Å². The van der Waals surface area contributed by atoms with Gasteiger partial charge in [0.25, 0.3) is 0 Å². The van der Waals surface area contributed by atoms with Crippen molar-refractivity contribution >= 4 is 39.8 Å². The standard InChI is InChI=1S/C29H37ClN2O4S/c1-36-22-7-9-26-25(18-22)24(13-15-31-26)27(33)10-5-20-14-17-32(19-21(20)6-12-29(34)35)16-3-2-4-23-8-11-28(30)37-23/h7-9,11,13,15,18,20-21,27,33H,2-6,10,12,14,16-17,19H2,1H3,(H,34,35)/t20-,21+,27?/m1/s1. The van der Waals surface area contributed by atoms with Gasteiger partial charge in [0, 0.05) is 29.4 Å². The summed E-state index contributed by atoms with van der Waals surface area (Å²) in [6, 6.07) is 11.7. The SMILES string of the molecule is COc1ccc2nccc(C(O)CC[C@@H]3CCN(CCCCc4ccc(Cl)s4)C[C@@H]3CCC(=O)O)c2c1. The second-order valence-corrected chi connectivity index (χ2v) is 11.9. The number of rotatable bonds is 13. The minimum absolute atomic E-state index is 0.200. The fourth-order valence-corrected chi connectivity index (χ4v) is 6.72. The molecule has 0 spiro atoms. The van der Waals surface area contributed by atoms with Crippen LogP contribution in [-0.2, 0) is 11.2 Å². The highest BCUT2D eigenvalue weighted by Gasteiger charge is 2.30. The lowest BCUT2D eigenvalue weighted by Crippen LogP contribution is -2.41. The average Bonchev–Trinajstić information content (AvgIpc) is 3.33. The van der Waals surface area contributed by atoms with E-state index >= 15 is 0 Å². The van der Waals surface area contributed by atoms with Gasteiger partial charge in [-0.25, -0.2) is 0 Å². The summed E-state index contributed by atoms with van der Waals surface area (Å²) < 4.78 is 6.22. The van der Waals surface area contributed by atoms with E-state index < -0.39 is 12.1 Å². The first-order valence-electron chi connectivity index (χ1n) is 13.2. The number of hydrogen-bond donors (Lipinski definition) is 2. The second kappa shape index (κ2) is 13.6. The van der Waals surface area contributed by atoms with Gasteiger partial charge in [-0.15, -0.1) is 11.3 Å². The van der Waals surface area contributed by atoms with Crippen LogP contribution in [0.2, 0.25) is 4.34 Å². The number of hydrogen-bond acceptors (Lipinski definition) is 6. The zero-order valence-electron chi connectivity index (χ0n) is 21.4. The molecule has 8 heteroatoms. The van der Waals surface area contributed by atoms with Gasteiger partial charge in [-0.05, 0) is 112 Å². The molecular formula is C29H37ClN2O4S. The van der Waals surface area contributed by atoms with Crippen LogP contribution in [0, 0.1) is 11.8 Å². The topological polar surface area (TPSA) is 82.9 Å². The molecule has 0 saturated carbocycles. The molecule has 1 aliphatic heterocycles. The fourth-order valence-electron chi connectivity index (χ4n) is 5.59. The Morgan fingerprint density at radius 1 is 1.22 bits per heavy atom. The highest BCUT2D eigenvalue weighted by molar-refractivity contribution is 7.16. The van der Waals surface area contributed by atoms with Crippen LogP contribution in [0.25, 0.3) is 10.9 Å². The van der Waals surface area contributed by atoms with Gasteiger partial charge in [0.1, 0.15) is 5.75 Å². The molecule has 1 saturated heterocycles. The van der Waals surface area contributed by atoms with Crippen molar-refractivity contribution in [3.05, 3.63) is 57.4 Å². The molecule has 1 unspecified atom stereocenters. The Balaban J connectivity index is 1.32. The van der Waals surface area contributed by atoms with Crippen molar-refractivity contribution in [3.8, 4) is 5.75 Å². The summed E-state index contributed by atoms with van der Waals surface area (Å²) >= 11 is 7.70. The minimum atomic E-state index is -0.734. The predicted octanol–water partition coefficient (Wildman–Crippen LogP) is 6.60. The number of ether oxygens (including phenoxy) is 1.